The minimum atomic E-state index is -0.343. The summed E-state index contributed by atoms with van der Waals surface area (Å²) in [5.74, 6) is -0.343. The van der Waals surface area contributed by atoms with Crippen molar-refractivity contribution in [2.24, 2.45) is 0 Å². The second-order valence-corrected chi connectivity index (χ2v) is 3.72. The number of hydrogen-bond acceptors (Lipinski definition) is 3. The van der Waals surface area contributed by atoms with Crippen LogP contribution in [0.15, 0.2) is 24.3 Å². The van der Waals surface area contributed by atoms with Crippen molar-refractivity contribution < 1.29 is 14.3 Å². The van der Waals surface area contributed by atoms with E-state index in [4.69, 9.17) is 0 Å². The number of hydrogen-bond donors (Lipinski definition) is 2. The maximum absolute atomic E-state index is 11.6. The number of carbonyl (C=O) groups is 2. The number of rotatable bonds is 5. The van der Waals surface area contributed by atoms with Crippen LogP contribution in [0.3, 0.4) is 0 Å². The monoisotopic (exact) mass is 250 g/mol. The largest absolute Gasteiger partial charge is 0.469 e. The number of anilines is 1. The highest BCUT2D eigenvalue weighted by Crippen LogP contribution is 2.14. The van der Waals surface area contributed by atoms with E-state index in [1.165, 1.54) is 7.11 Å². The lowest BCUT2D eigenvalue weighted by Gasteiger charge is -2.10. The highest BCUT2D eigenvalue weighted by Gasteiger charge is 2.06. The topological polar surface area (TPSA) is 67.4 Å². The Balaban J connectivity index is 2.42. The van der Waals surface area contributed by atoms with Crippen molar-refractivity contribution in [1.82, 2.24) is 5.32 Å². The summed E-state index contributed by atoms with van der Waals surface area (Å²) in [5.41, 5.74) is 1.86. The summed E-state index contributed by atoms with van der Waals surface area (Å²) in [6.07, 6.45) is 1.01. The van der Waals surface area contributed by atoms with Crippen molar-refractivity contribution in [2.45, 2.75) is 19.8 Å². The number of para-hydroxylation sites is 1. The van der Waals surface area contributed by atoms with E-state index in [1.807, 2.05) is 31.2 Å². The van der Waals surface area contributed by atoms with Gasteiger partial charge < -0.3 is 15.4 Å². The first kappa shape index (κ1) is 14.0. The van der Waals surface area contributed by atoms with Crippen LogP contribution in [0.5, 0.6) is 0 Å². The summed E-state index contributed by atoms with van der Waals surface area (Å²) in [4.78, 5) is 22.4. The van der Waals surface area contributed by atoms with Crippen molar-refractivity contribution in [3.8, 4) is 0 Å². The number of nitrogens with one attached hydrogen (secondary N) is 2. The Hall–Kier alpha value is -2.04. The van der Waals surface area contributed by atoms with Crippen LogP contribution < -0.4 is 10.6 Å². The third kappa shape index (κ3) is 4.45. The first-order chi connectivity index (χ1) is 8.67. The Kier molecular flexibility index (Phi) is 5.70. The van der Waals surface area contributed by atoms with Gasteiger partial charge in [0.25, 0.3) is 0 Å². The van der Waals surface area contributed by atoms with E-state index < -0.39 is 0 Å². The predicted octanol–water partition coefficient (Wildman–Crippen LogP) is 1.93. The van der Waals surface area contributed by atoms with Crippen LogP contribution in [0.4, 0.5) is 10.5 Å². The summed E-state index contributed by atoms with van der Waals surface area (Å²) in [6.45, 7) is 2.28. The molecule has 2 N–H and O–H groups in total. The van der Waals surface area contributed by atoms with Gasteiger partial charge in [0.15, 0.2) is 0 Å². The molecule has 0 spiro atoms. The van der Waals surface area contributed by atoms with E-state index in [1.54, 1.807) is 0 Å². The van der Waals surface area contributed by atoms with Crippen LogP contribution in [-0.2, 0) is 16.0 Å². The number of carbonyl (C=O) groups excluding carboxylic acids is 2. The molecule has 1 aromatic carbocycles. The van der Waals surface area contributed by atoms with E-state index in [2.05, 4.69) is 15.4 Å². The zero-order valence-electron chi connectivity index (χ0n) is 10.7. The fourth-order valence-corrected chi connectivity index (χ4v) is 1.50. The number of methoxy groups -OCH3 is 1. The summed E-state index contributed by atoms with van der Waals surface area (Å²) in [7, 11) is 1.32. The number of ether oxygens (including phenoxy) is 1. The van der Waals surface area contributed by atoms with Crippen LogP contribution in [0.25, 0.3) is 0 Å². The molecule has 0 aliphatic heterocycles. The molecule has 2 amide bonds. The highest BCUT2D eigenvalue weighted by atomic mass is 16.5. The first-order valence-electron chi connectivity index (χ1n) is 5.87. The van der Waals surface area contributed by atoms with Crippen molar-refractivity contribution in [3.63, 3.8) is 0 Å². The van der Waals surface area contributed by atoms with Gasteiger partial charge in [-0.15, -0.1) is 0 Å². The third-order valence-electron chi connectivity index (χ3n) is 2.49. The Labute approximate surface area is 107 Å². The van der Waals surface area contributed by atoms with Crippen LogP contribution in [0.1, 0.15) is 18.9 Å². The molecule has 0 aromatic heterocycles. The molecule has 1 aromatic rings. The summed E-state index contributed by atoms with van der Waals surface area (Å²) in [5, 5.41) is 5.35. The lowest BCUT2D eigenvalue weighted by molar-refractivity contribution is -0.140. The van der Waals surface area contributed by atoms with Gasteiger partial charge in [-0.25, -0.2) is 4.79 Å². The van der Waals surface area contributed by atoms with Gasteiger partial charge in [-0.3, -0.25) is 4.79 Å². The Morgan fingerprint density at radius 1 is 1.28 bits per heavy atom. The average Bonchev–Trinajstić information content (AvgIpc) is 2.39. The number of benzene rings is 1. The van der Waals surface area contributed by atoms with Gasteiger partial charge >= 0.3 is 12.0 Å². The molecule has 0 unspecified atom stereocenters. The first-order valence-corrected chi connectivity index (χ1v) is 5.87. The molecule has 0 saturated heterocycles. The van der Waals surface area contributed by atoms with E-state index in [-0.39, 0.29) is 25.0 Å². The highest BCUT2D eigenvalue weighted by molar-refractivity contribution is 5.90. The molecule has 0 fully saturated rings. The van der Waals surface area contributed by atoms with Crippen LogP contribution >= 0.6 is 0 Å². The fraction of sp³-hybridized carbons (Fsp3) is 0.385. The van der Waals surface area contributed by atoms with E-state index in [0.717, 1.165) is 17.7 Å². The van der Waals surface area contributed by atoms with Crippen molar-refractivity contribution in [1.29, 1.82) is 0 Å². The molecule has 5 nitrogen and oxygen atoms in total. The maximum atomic E-state index is 11.6. The van der Waals surface area contributed by atoms with Gasteiger partial charge in [-0.05, 0) is 18.1 Å². The number of amides is 2. The van der Waals surface area contributed by atoms with E-state index >= 15 is 0 Å². The minimum Gasteiger partial charge on any atom is -0.469 e. The molecule has 0 aliphatic rings. The van der Waals surface area contributed by atoms with Gasteiger partial charge in [0, 0.05) is 12.2 Å². The molecule has 0 bridgehead atoms. The molecule has 5 heteroatoms. The van der Waals surface area contributed by atoms with Gasteiger partial charge in [0.2, 0.25) is 0 Å². The second-order valence-electron chi connectivity index (χ2n) is 3.72. The minimum absolute atomic E-state index is 0.166. The standard InChI is InChI=1S/C13H18N2O3/c1-3-10-6-4-5-7-11(10)15-13(17)14-9-8-12(16)18-2/h4-7H,3,8-9H2,1-2H3,(H2,14,15,17). The molecule has 18 heavy (non-hydrogen) atoms. The number of esters is 1. The lowest BCUT2D eigenvalue weighted by atomic mass is 10.1. The lowest BCUT2D eigenvalue weighted by Crippen LogP contribution is -2.31. The number of aryl methyl sites for hydroxylation is 1. The Bertz CT molecular complexity index is 418. The average molecular weight is 250 g/mol. The molecular weight excluding hydrogens is 232 g/mol. The molecule has 0 radical (unpaired) electrons. The van der Waals surface area contributed by atoms with Gasteiger partial charge in [0.05, 0.1) is 13.5 Å². The third-order valence-corrected chi connectivity index (χ3v) is 2.49. The predicted molar refractivity (Wildman–Crippen MR) is 69.5 cm³/mol. The molecule has 0 heterocycles. The normalized spacial score (nSPS) is 9.67. The second kappa shape index (κ2) is 7.32. The summed E-state index contributed by atoms with van der Waals surface area (Å²) >= 11 is 0. The molecule has 98 valence electrons. The zero-order valence-corrected chi connectivity index (χ0v) is 10.7. The van der Waals surface area contributed by atoms with Crippen molar-refractivity contribution >= 4 is 17.7 Å². The Morgan fingerprint density at radius 2 is 2.00 bits per heavy atom. The van der Waals surface area contributed by atoms with Gasteiger partial charge in [0.1, 0.15) is 0 Å². The number of urea groups is 1. The molecule has 0 aliphatic carbocycles. The summed E-state index contributed by atoms with van der Waals surface area (Å²) < 4.78 is 4.48. The van der Waals surface area contributed by atoms with E-state index in [0.29, 0.717) is 0 Å². The molecule has 0 saturated carbocycles. The van der Waals surface area contributed by atoms with Crippen LogP contribution in [0, 0.1) is 0 Å². The van der Waals surface area contributed by atoms with Gasteiger partial charge in [-0.1, -0.05) is 25.1 Å². The quantitative estimate of drug-likeness (QED) is 0.785. The molecule has 1 rings (SSSR count). The van der Waals surface area contributed by atoms with Crippen LogP contribution in [-0.4, -0.2) is 25.7 Å². The fourth-order valence-electron chi connectivity index (χ4n) is 1.50. The van der Waals surface area contributed by atoms with Crippen LogP contribution in [0.2, 0.25) is 0 Å². The molecule has 0 atom stereocenters. The Morgan fingerprint density at radius 3 is 2.67 bits per heavy atom. The zero-order chi connectivity index (χ0) is 13.4. The van der Waals surface area contributed by atoms with Crippen molar-refractivity contribution in [3.05, 3.63) is 29.8 Å². The van der Waals surface area contributed by atoms with Gasteiger partial charge in [-0.2, -0.15) is 0 Å². The maximum Gasteiger partial charge on any atom is 0.319 e. The summed E-state index contributed by atoms with van der Waals surface area (Å²) in [6, 6.07) is 7.28. The molecular formula is C13H18N2O3. The smallest absolute Gasteiger partial charge is 0.319 e. The van der Waals surface area contributed by atoms with E-state index in [9.17, 15) is 9.59 Å². The SMILES string of the molecule is CCc1ccccc1NC(=O)NCCC(=O)OC. The van der Waals surface area contributed by atoms with Crippen molar-refractivity contribution in [2.75, 3.05) is 19.0 Å².